The Balaban J connectivity index is 1.92. The van der Waals surface area contributed by atoms with E-state index in [0.29, 0.717) is 5.56 Å². The van der Waals surface area contributed by atoms with Gasteiger partial charge in [-0.1, -0.05) is 50.8 Å². The molecule has 212 valence electrons. The summed E-state index contributed by atoms with van der Waals surface area (Å²) >= 11 is 0. The third kappa shape index (κ3) is 7.42. The van der Waals surface area contributed by atoms with E-state index >= 15 is 4.39 Å². The Morgan fingerprint density at radius 1 is 1.02 bits per heavy atom. The van der Waals surface area contributed by atoms with Crippen LogP contribution in [-0.4, -0.2) is 77.7 Å². The second kappa shape index (κ2) is 14.7. The number of carboxylic acid groups (broad SMARTS) is 1. The quantitative estimate of drug-likeness (QED) is 0.214. The number of hydrogen-bond donors (Lipinski definition) is 2. The number of rotatable bonds is 12. The molecule has 18 nitrogen and oxygen atoms in total. The molecule has 0 aromatic heterocycles. The van der Waals surface area contributed by atoms with Crippen LogP contribution in [0.25, 0.3) is 41.8 Å². The van der Waals surface area contributed by atoms with Gasteiger partial charge in [-0.25, -0.2) is 4.39 Å². The maximum Gasteiger partial charge on any atom is 0.303 e. The van der Waals surface area contributed by atoms with E-state index in [1.807, 2.05) is 0 Å². The summed E-state index contributed by atoms with van der Waals surface area (Å²) in [6, 6.07) is 4.86. The summed E-state index contributed by atoms with van der Waals surface area (Å²) < 4.78 is 33.3. The van der Waals surface area contributed by atoms with Crippen molar-refractivity contribution < 1.29 is 33.6 Å². The molecular formula is C21H25FN12O6. The molecule has 1 aromatic carbocycles. The summed E-state index contributed by atoms with van der Waals surface area (Å²) in [5.41, 5.74) is 36.6. The normalized spacial score (nSPS) is 33.2. The molecule has 2 N–H and O–H groups in total. The molecule has 0 radical (unpaired) electrons. The molecule has 1 aliphatic carbocycles. The molecule has 0 bridgehead atoms. The highest BCUT2D eigenvalue weighted by atomic mass is 19.1. The third-order valence-corrected chi connectivity index (χ3v) is 6.62. The number of aliphatic carboxylic acids is 1. The van der Waals surface area contributed by atoms with Gasteiger partial charge in [-0.15, -0.1) is 0 Å². The topological polar surface area (TPSA) is 280 Å². The number of aliphatic hydroxyl groups excluding tert-OH is 1. The lowest BCUT2D eigenvalue weighted by Gasteiger charge is -2.46. The summed E-state index contributed by atoms with van der Waals surface area (Å²) in [6.45, 7) is -0.443. The number of carbonyl (C=O) groups is 1. The van der Waals surface area contributed by atoms with Gasteiger partial charge in [0.15, 0.2) is 6.29 Å². The van der Waals surface area contributed by atoms with Crippen LogP contribution in [0.3, 0.4) is 0 Å². The molecule has 1 saturated carbocycles. The second-order valence-corrected chi connectivity index (χ2v) is 8.99. The van der Waals surface area contributed by atoms with E-state index < -0.39 is 79.9 Å². The molecule has 19 heteroatoms. The van der Waals surface area contributed by atoms with Crippen LogP contribution in [0, 0.1) is 5.92 Å². The first-order chi connectivity index (χ1) is 19.3. The number of halogens is 1. The number of hydrogen-bond acceptors (Lipinski definition) is 9. The highest BCUT2D eigenvalue weighted by Crippen LogP contribution is 2.37. The molecule has 1 heterocycles. The van der Waals surface area contributed by atoms with Crippen molar-refractivity contribution in [3.05, 3.63) is 77.7 Å². The predicted octanol–water partition coefficient (Wildman–Crippen LogP) is 4.22. The molecule has 2 aliphatic rings. The van der Waals surface area contributed by atoms with Crippen molar-refractivity contribution in [2.24, 2.45) is 26.4 Å². The summed E-state index contributed by atoms with van der Waals surface area (Å²) in [4.78, 5) is 22.2. The Bertz CT molecular complexity index is 1220. The van der Waals surface area contributed by atoms with Crippen molar-refractivity contribution >= 4 is 5.97 Å². The van der Waals surface area contributed by atoms with Crippen molar-refractivity contribution in [2.75, 3.05) is 6.54 Å². The Morgan fingerprint density at radius 2 is 1.70 bits per heavy atom. The lowest BCUT2D eigenvalue weighted by Crippen LogP contribution is -2.61. The molecule has 3 rings (SSSR count). The van der Waals surface area contributed by atoms with E-state index in [1.165, 1.54) is 0 Å². The molecule has 0 unspecified atom stereocenters. The van der Waals surface area contributed by atoms with Gasteiger partial charge < -0.3 is 24.4 Å². The van der Waals surface area contributed by atoms with Crippen LogP contribution in [0.1, 0.15) is 18.4 Å². The van der Waals surface area contributed by atoms with E-state index in [9.17, 15) is 15.0 Å². The molecule has 0 spiro atoms. The Morgan fingerprint density at radius 3 is 2.33 bits per heavy atom. The van der Waals surface area contributed by atoms with E-state index in [-0.39, 0.29) is 13.0 Å². The molecule has 0 amide bonds. The van der Waals surface area contributed by atoms with Gasteiger partial charge in [-0.05, 0) is 34.1 Å². The number of carboxylic acids is 1. The van der Waals surface area contributed by atoms with E-state index in [2.05, 4.69) is 40.1 Å². The van der Waals surface area contributed by atoms with Gasteiger partial charge in [0.05, 0.1) is 43.9 Å². The van der Waals surface area contributed by atoms with Gasteiger partial charge in [-0.2, -0.15) is 0 Å². The van der Waals surface area contributed by atoms with Gasteiger partial charge in [-0.3, -0.25) is 4.79 Å². The van der Waals surface area contributed by atoms with Crippen molar-refractivity contribution in [1.82, 2.24) is 0 Å². The maximum absolute atomic E-state index is 15.9. The first-order valence-corrected chi connectivity index (χ1v) is 12.0. The summed E-state index contributed by atoms with van der Waals surface area (Å²) in [5.74, 6) is -2.46. The number of nitrogens with zero attached hydrogens (tertiary/aromatic N) is 12. The maximum atomic E-state index is 15.9. The Kier molecular flexibility index (Phi) is 11.1. The molecule has 1 aliphatic heterocycles. The zero-order valence-electron chi connectivity index (χ0n) is 20.8. The second-order valence-electron chi connectivity index (χ2n) is 8.99. The zero-order valence-corrected chi connectivity index (χ0v) is 20.8. The third-order valence-electron chi connectivity index (χ3n) is 6.62. The van der Waals surface area contributed by atoms with Gasteiger partial charge >= 0.3 is 5.97 Å². The number of ether oxygens (including phenoxy) is 3. The Hall–Kier alpha value is -4.30. The predicted molar refractivity (Wildman–Crippen MR) is 133 cm³/mol. The van der Waals surface area contributed by atoms with Gasteiger partial charge in [0.2, 0.25) is 0 Å². The molecule has 40 heavy (non-hydrogen) atoms. The van der Waals surface area contributed by atoms with Crippen LogP contribution in [0.15, 0.2) is 50.8 Å². The smallest absolute Gasteiger partial charge is 0.303 e. The molecular weight excluding hydrogens is 535 g/mol. The van der Waals surface area contributed by atoms with Gasteiger partial charge in [0.1, 0.15) is 18.3 Å². The number of aliphatic hydroxyl groups is 1. The lowest BCUT2D eigenvalue weighted by atomic mass is 9.76. The SMILES string of the molecule is [N-]=[N+]=NC[C@H]1O[C@H](O[C@H]2[C@@H](O)[C@@H](CC(=O)O)[C@H](N=[N+]=[N-])C[C@@H]2N=[N+]=[N-])[C@H](N=[N+]=[N-])[C@@H](F)[C@@H]1OCc1ccccc1. The van der Waals surface area contributed by atoms with Crippen LogP contribution < -0.4 is 0 Å². The Labute approximate surface area is 225 Å². The van der Waals surface area contributed by atoms with Gasteiger partial charge in [0.25, 0.3) is 0 Å². The van der Waals surface area contributed by atoms with Crippen LogP contribution in [0.5, 0.6) is 0 Å². The van der Waals surface area contributed by atoms with Crippen LogP contribution in [-0.2, 0) is 25.6 Å². The summed E-state index contributed by atoms with van der Waals surface area (Å²) in [7, 11) is 0. The molecule has 1 aromatic rings. The minimum Gasteiger partial charge on any atom is -0.481 e. The van der Waals surface area contributed by atoms with Crippen molar-refractivity contribution in [2.45, 2.75) is 74.5 Å². The zero-order chi connectivity index (χ0) is 29.1. The first-order valence-electron chi connectivity index (χ1n) is 12.0. The van der Waals surface area contributed by atoms with E-state index in [1.54, 1.807) is 30.3 Å². The van der Waals surface area contributed by atoms with Crippen LogP contribution >= 0.6 is 0 Å². The fourth-order valence-electron chi connectivity index (χ4n) is 4.82. The minimum absolute atomic E-state index is 0.0471. The number of benzene rings is 1. The van der Waals surface area contributed by atoms with Crippen molar-refractivity contribution in [3.63, 3.8) is 0 Å². The minimum atomic E-state index is -2.04. The average Bonchev–Trinajstić information content (AvgIpc) is 2.93. The average molecular weight is 561 g/mol. The highest BCUT2D eigenvalue weighted by Gasteiger charge is 2.51. The summed E-state index contributed by atoms with van der Waals surface area (Å²) in [5, 5.41) is 34.4. The monoisotopic (exact) mass is 560 g/mol. The molecule has 10 atom stereocenters. The first kappa shape index (κ1) is 30.2. The standard InChI is InChI=1S/C21H25FN12O6/c22-16-17(30-34-26)21(39-14(8-27-31-23)20(16)38-9-10-4-2-1-3-5-10)40-19-13(29-33-25)7-12(28-32-24)11(18(19)37)6-15(35)36/h1-5,11-14,16-21,37H,6-9H2,(H,35,36)/t11-,12+,13-,14+,16+,17+,18-,19+,20+,21+/m0/s1. The fourth-order valence-corrected chi connectivity index (χ4v) is 4.82. The lowest BCUT2D eigenvalue weighted by molar-refractivity contribution is -0.284. The van der Waals surface area contributed by atoms with Crippen molar-refractivity contribution in [1.29, 1.82) is 0 Å². The van der Waals surface area contributed by atoms with Crippen molar-refractivity contribution in [3.8, 4) is 0 Å². The summed E-state index contributed by atoms with van der Waals surface area (Å²) in [6.07, 6.45) is -10.3. The number of alkyl halides is 1. The van der Waals surface area contributed by atoms with E-state index in [4.69, 9.17) is 36.3 Å². The van der Waals surface area contributed by atoms with Gasteiger partial charge in [0, 0.05) is 31.6 Å². The largest absolute Gasteiger partial charge is 0.481 e. The van der Waals surface area contributed by atoms with E-state index in [0.717, 1.165) is 0 Å². The molecule has 1 saturated heterocycles. The van der Waals surface area contributed by atoms with Crippen LogP contribution in [0.4, 0.5) is 4.39 Å². The molecule has 2 fully saturated rings. The van der Waals surface area contributed by atoms with Crippen LogP contribution in [0.2, 0.25) is 0 Å². The number of azide groups is 4. The highest BCUT2D eigenvalue weighted by molar-refractivity contribution is 5.67. The fraction of sp³-hybridized carbons (Fsp3) is 0.667.